The molecule has 7 aromatic carbocycles. The van der Waals surface area contributed by atoms with Crippen molar-refractivity contribution >= 4 is 96.5 Å². The molecule has 0 aliphatic heterocycles. The molecule has 2 nitrogen and oxygen atoms in total. The molecule has 0 fully saturated rings. The van der Waals surface area contributed by atoms with Crippen molar-refractivity contribution in [3.63, 3.8) is 0 Å². The highest BCUT2D eigenvalue weighted by atomic mass is 79.9. The van der Waals surface area contributed by atoms with Crippen LogP contribution in [0.15, 0.2) is 69.6 Å². The first-order valence-corrected chi connectivity index (χ1v) is 11.7. The van der Waals surface area contributed by atoms with Crippen LogP contribution in [0, 0.1) is 22.7 Å². The molecule has 0 radical (unpaired) electrons. The molecule has 0 spiro atoms. The largest absolute Gasteiger partial charge is 0.192 e. The van der Waals surface area contributed by atoms with Crippen molar-refractivity contribution in [3.8, 4) is 12.1 Å². The number of nitrogens with zero attached hydrogens (tertiary/aromatic N) is 2. The Morgan fingerprint density at radius 2 is 0.781 bits per heavy atom. The Hall–Kier alpha value is -3.44. The molecule has 0 aromatic heterocycles. The van der Waals surface area contributed by atoms with Crippen molar-refractivity contribution in [2.24, 2.45) is 0 Å². The van der Waals surface area contributed by atoms with Gasteiger partial charge in [-0.15, -0.1) is 0 Å². The highest BCUT2D eigenvalue weighted by molar-refractivity contribution is 9.10. The summed E-state index contributed by atoms with van der Waals surface area (Å²) in [5, 5.41) is 33.1. The molecule has 32 heavy (non-hydrogen) atoms. The van der Waals surface area contributed by atoms with E-state index in [0.717, 1.165) is 73.6 Å². The number of hydrogen-bond acceptors (Lipinski definition) is 2. The number of nitriles is 2. The number of benzene rings is 5. The fraction of sp³-hybridized carbons (Fsp3) is 0. The zero-order chi connectivity index (χ0) is 21.7. The van der Waals surface area contributed by atoms with Gasteiger partial charge in [-0.05, 0) is 68.7 Å². The van der Waals surface area contributed by atoms with Crippen LogP contribution in [-0.2, 0) is 0 Å². The molecule has 7 rings (SSSR count). The summed E-state index contributed by atoms with van der Waals surface area (Å²) in [6, 6.07) is 25.4. The van der Waals surface area contributed by atoms with Gasteiger partial charge >= 0.3 is 0 Å². The van der Waals surface area contributed by atoms with Gasteiger partial charge in [0.2, 0.25) is 0 Å². The van der Waals surface area contributed by atoms with Crippen LogP contribution in [0.3, 0.4) is 0 Å². The van der Waals surface area contributed by atoms with Gasteiger partial charge in [0.1, 0.15) is 0 Å². The topological polar surface area (TPSA) is 47.6 Å². The van der Waals surface area contributed by atoms with Crippen LogP contribution in [0.4, 0.5) is 0 Å². The molecule has 0 saturated carbocycles. The van der Waals surface area contributed by atoms with Crippen LogP contribution in [0.2, 0.25) is 0 Å². The van der Waals surface area contributed by atoms with Crippen molar-refractivity contribution in [1.29, 1.82) is 10.5 Å². The maximum Gasteiger partial charge on any atom is 0.0998 e. The average Bonchev–Trinajstić information content (AvgIpc) is 3.30. The molecular weight excluding hydrogens is 524 g/mol. The van der Waals surface area contributed by atoms with Crippen LogP contribution in [0.1, 0.15) is 11.1 Å². The van der Waals surface area contributed by atoms with Crippen LogP contribution < -0.4 is 0 Å². The minimum atomic E-state index is 0.665. The lowest BCUT2D eigenvalue weighted by molar-refractivity contribution is 1.51. The van der Waals surface area contributed by atoms with E-state index in [1.54, 1.807) is 0 Å². The number of hydrogen-bond donors (Lipinski definition) is 0. The van der Waals surface area contributed by atoms with E-state index >= 15 is 0 Å². The van der Waals surface area contributed by atoms with Crippen LogP contribution >= 0.6 is 31.9 Å². The monoisotopic (exact) mass is 532 g/mol. The summed E-state index contributed by atoms with van der Waals surface area (Å²) >= 11 is 7.24. The third kappa shape index (κ3) is 2.03. The second-order valence-electron chi connectivity index (χ2n) is 8.17. The van der Waals surface area contributed by atoms with Crippen molar-refractivity contribution < 1.29 is 0 Å². The number of rotatable bonds is 0. The zero-order valence-electron chi connectivity index (χ0n) is 16.4. The first-order valence-electron chi connectivity index (χ1n) is 10.1. The molecule has 146 valence electrons. The molecule has 0 saturated heterocycles. The summed E-state index contributed by atoms with van der Waals surface area (Å²) in [5.74, 6) is 0. The van der Waals surface area contributed by atoms with Gasteiger partial charge in [-0.3, -0.25) is 0 Å². The molecule has 0 heterocycles. The van der Waals surface area contributed by atoms with E-state index in [9.17, 15) is 10.5 Å². The average molecular weight is 534 g/mol. The van der Waals surface area contributed by atoms with Gasteiger partial charge in [0.25, 0.3) is 0 Å². The highest BCUT2D eigenvalue weighted by Gasteiger charge is 2.25. The van der Waals surface area contributed by atoms with Gasteiger partial charge in [-0.1, -0.05) is 56.1 Å². The fourth-order valence-corrected chi connectivity index (χ4v) is 6.30. The van der Waals surface area contributed by atoms with E-state index in [4.69, 9.17) is 0 Å². The summed E-state index contributed by atoms with van der Waals surface area (Å²) in [7, 11) is 0. The van der Waals surface area contributed by atoms with Gasteiger partial charge < -0.3 is 0 Å². The SMILES string of the molecule is N#Cc1ccc2c3cc(Br)ccc3c3c4c(C#N)ccc5c6cc(Br)ccc6c(c1c23)c54. The fourth-order valence-electron chi connectivity index (χ4n) is 5.58. The predicted octanol–water partition coefficient (Wildman–Crippen LogP) is 8.75. The first-order chi connectivity index (χ1) is 15.6. The predicted molar refractivity (Wildman–Crippen MR) is 139 cm³/mol. The van der Waals surface area contributed by atoms with Gasteiger partial charge in [-0.25, -0.2) is 0 Å². The van der Waals surface area contributed by atoms with Crippen molar-refractivity contribution in [1.82, 2.24) is 0 Å². The molecule has 0 aliphatic carbocycles. The smallest absolute Gasteiger partial charge is 0.0998 e. The molecule has 0 atom stereocenters. The Labute approximate surface area is 199 Å². The molecule has 0 aliphatic rings. The third-order valence-corrected chi connectivity index (χ3v) is 7.72. The van der Waals surface area contributed by atoms with Crippen LogP contribution in [0.25, 0.3) is 64.6 Å². The van der Waals surface area contributed by atoms with Gasteiger partial charge in [0, 0.05) is 41.3 Å². The van der Waals surface area contributed by atoms with Gasteiger partial charge in [0.15, 0.2) is 0 Å². The molecule has 0 amide bonds. The van der Waals surface area contributed by atoms with Crippen molar-refractivity contribution in [3.05, 3.63) is 80.7 Å². The summed E-state index contributed by atoms with van der Waals surface area (Å²) in [5.41, 5.74) is 1.33. The van der Waals surface area contributed by atoms with Gasteiger partial charge in [-0.2, -0.15) is 10.5 Å². The van der Waals surface area contributed by atoms with E-state index in [1.807, 2.05) is 24.3 Å². The van der Waals surface area contributed by atoms with E-state index in [-0.39, 0.29) is 0 Å². The molecule has 0 bridgehead atoms. The Morgan fingerprint density at radius 1 is 0.438 bits per heavy atom. The summed E-state index contributed by atoms with van der Waals surface area (Å²) in [6.07, 6.45) is 0. The Balaban J connectivity index is 2.00. The van der Waals surface area contributed by atoms with Crippen molar-refractivity contribution in [2.45, 2.75) is 0 Å². The Kier molecular flexibility index (Phi) is 3.45. The molecule has 0 unspecified atom stereocenters. The van der Waals surface area contributed by atoms with Gasteiger partial charge in [0.05, 0.1) is 23.3 Å². The minimum Gasteiger partial charge on any atom is -0.192 e. The summed E-state index contributed by atoms with van der Waals surface area (Å²) in [6.45, 7) is 0. The normalized spacial score (nSPS) is 12.0. The standard InChI is InChI=1S/C28H10Br2N2/c29-15-3-7-19-21(9-15)17-5-1-13(11-31)23-25(17)28(19)24-14(12-32)2-6-18-22-10-16(30)4-8-20(22)27(23)26(18)24/h1-10H. The lowest BCUT2D eigenvalue weighted by atomic mass is 9.91. The number of halogens is 2. The quantitative estimate of drug-likeness (QED) is 0.183. The molecular formula is C28H10Br2N2. The summed E-state index contributed by atoms with van der Waals surface area (Å²) in [4.78, 5) is 0. The zero-order valence-corrected chi connectivity index (χ0v) is 19.6. The summed E-state index contributed by atoms with van der Waals surface area (Å²) < 4.78 is 2.02. The third-order valence-electron chi connectivity index (χ3n) is 6.73. The molecule has 7 aromatic rings. The van der Waals surface area contributed by atoms with E-state index in [2.05, 4.69) is 80.4 Å². The van der Waals surface area contributed by atoms with E-state index in [1.165, 1.54) is 0 Å². The van der Waals surface area contributed by atoms with E-state index < -0.39 is 0 Å². The molecule has 0 N–H and O–H groups in total. The van der Waals surface area contributed by atoms with E-state index in [0.29, 0.717) is 11.1 Å². The second-order valence-corrected chi connectivity index (χ2v) is 10.0. The maximum atomic E-state index is 10.1. The lowest BCUT2D eigenvalue weighted by Crippen LogP contribution is -1.86. The van der Waals surface area contributed by atoms with Crippen LogP contribution in [0.5, 0.6) is 0 Å². The second kappa shape index (κ2) is 6.08. The minimum absolute atomic E-state index is 0.665. The maximum absolute atomic E-state index is 10.1. The number of fused-ring (bicyclic) bond motifs is 8. The van der Waals surface area contributed by atoms with Crippen molar-refractivity contribution in [2.75, 3.05) is 0 Å². The Bertz CT molecular complexity index is 1870. The van der Waals surface area contributed by atoms with Crippen LogP contribution in [-0.4, -0.2) is 0 Å². The Morgan fingerprint density at radius 3 is 1.12 bits per heavy atom. The molecule has 4 heteroatoms. The lowest BCUT2D eigenvalue weighted by Gasteiger charge is -2.10. The first kappa shape index (κ1) is 18.2. The highest BCUT2D eigenvalue weighted by Crippen LogP contribution is 2.52.